The van der Waals surface area contributed by atoms with Crippen LogP contribution in [0, 0.1) is 13.8 Å². The fourth-order valence-electron chi connectivity index (χ4n) is 2.16. The molecule has 100 valence electrons. The Kier molecular flexibility index (Phi) is 4.53. The van der Waals surface area contributed by atoms with Crippen molar-refractivity contribution in [2.24, 2.45) is 0 Å². The average molecular weight is 257 g/mol. The number of aryl methyl sites for hydroxylation is 2. The van der Waals surface area contributed by atoms with Crippen LogP contribution in [-0.4, -0.2) is 16.7 Å². The summed E-state index contributed by atoms with van der Waals surface area (Å²) in [6, 6.07) is 9.81. The summed E-state index contributed by atoms with van der Waals surface area (Å²) in [5.41, 5.74) is 4.08. The highest BCUT2D eigenvalue weighted by atomic mass is 16.5. The summed E-state index contributed by atoms with van der Waals surface area (Å²) in [5.74, 6) is 0.910. The maximum atomic E-state index is 9.15. The van der Waals surface area contributed by atoms with E-state index in [1.807, 2.05) is 44.2 Å². The summed E-state index contributed by atoms with van der Waals surface area (Å²) in [6.07, 6.45) is 2.59. The van der Waals surface area contributed by atoms with Gasteiger partial charge in [0.15, 0.2) is 0 Å². The Morgan fingerprint density at radius 1 is 1.16 bits per heavy atom. The van der Waals surface area contributed by atoms with Crippen molar-refractivity contribution in [3.63, 3.8) is 0 Å². The van der Waals surface area contributed by atoms with Crippen LogP contribution in [0.4, 0.5) is 0 Å². The van der Waals surface area contributed by atoms with Gasteiger partial charge in [0.25, 0.3) is 0 Å². The summed E-state index contributed by atoms with van der Waals surface area (Å²) in [7, 11) is 0. The zero-order valence-electron chi connectivity index (χ0n) is 11.4. The van der Waals surface area contributed by atoms with Crippen LogP contribution >= 0.6 is 0 Å². The molecule has 0 amide bonds. The third-order valence-corrected chi connectivity index (χ3v) is 3.03. The van der Waals surface area contributed by atoms with Gasteiger partial charge in [-0.15, -0.1) is 0 Å². The van der Waals surface area contributed by atoms with Gasteiger partial charge in [0.2, 0.25) is 0 Å². The van der Waals surface area contributed by atoms with Crippen LogP contribution in [0.25, 0.3) is 0 Å². The van der Waals surface area contributed by atoms with E-state index in [1.165, 1.54) is 0 Å². The number of nitrogens with zero attached hydrogens (tertiary/aromatic N) is 1. The fourth-order valence-corrected chi connectivity index (χ4v) is 2.16. The molecule has 0 fully saturated rings. The lowest BCUT2D eigenvalue weighted by Gasteiger charge is -2.13. The minimum atomic E-state index is 0.0654. The molecule has 1 aromatic heterocycles. The lowest BCUT2D eigenvalue weighted by Crippen LogP contribution is -2.05. The Hall–Kier alpha value is -1.87. The van der Waals surface area contributed by atoms with Gasteiger partial charge in [0.1, 0.15) is 5.75 Å². The highest BCUT2D eigenvalue weighted by Crippen LogP contribution is 2.25. The van der Waals surface area contributed by atoms with E-state index >= 15 is 0 Å². The minimum absolute atomic E-state index is 0.0654. The number of pyridine rings is 1. The van der Waals surface area contributed by atoms with Crippen molar-refractivity contribution in [2.45, 2.75) is 26.9 Å². The molecule has 19 heavy (non-hydrogen) atoms. The molecule has 0 aliphatic carbocycles. The van der Waals surface area contributed by atoms with E-state index < -0.39 is 0 Å². The molecule has 3 nitrogen and oxygen atoms in total. The monoisotopic (exact) mass is 257 g/mol. The number of aliphatic hydroxyl groups excluding tert-OH is 1. The molecule has 0 saturated heterocycles. The zero-order valence-corrected chi connectivity index (χ0v) is 11.4. The molecule has 1 aromatic carbocycles. The van der Waals surface area contributed by atoms with E-state index in [0.29, 0.717) is 6.61 Å². The zero-order chi connectivity index (χ0) is 13.7. The first-order chi connectivity index (χ1) is 9.20. The number of aliphatic hydroxyl groups is 1. The third kappa shape index (κ3) is 3.55. The van der Waals surface area contributed by atoms with E-state index in [2.05, 4.69) is 4.98 Å². The van der Waals surface area contributed by atoms with Crippen molar-refractivity contribution in [3.05, 3.63) is 58.9 Å². The topological polar surface area (TPSA) is 42.4 Å². The van der Waals surface area contributed by atoms with Crippen LogP contribution in [0.5, 0.6) is 5.75 Å². The molecule has 0 saturated carbocycles. The molecule has 2 rings (SSSR count). The first kappa shape index (κ1) is 13.6. The molecule has 1 N–H and O–H groups in total. The van der Waals surface area contributed by atoms with E-state index in [9.17, 15) is 0 Å². The predicted octanol–water partition coefficient (Wildman–Crippen LogP) is 2.81. The van der Waals surface area contributed by atoms with Crippen molar-refractivity contribution in [1.82, 2.24) is 4.98 Å². The second kappa shape index (κ2) is 6.34. The molecule has 0 atom stereocenters. The minimum Gasteiger partial charge on any atom is -0.493 e. The molecule has 0 spiro atoms. The maximum absolute atomic E-state index is 9.15. The smallest absolute Gasteiger partial charge is 0.125 e. The van der Waals surface area contributed by atoms with Gasteiger partial charge in [0, 0.05) is 18.3 Å². The Morgan fingerprint density at radius 3 is 2.47 bits per heavy atom. The summed E-state index contributed by atoms with van der Waals surface area (Å²) < 4.78 is 5.85. The number of aromatic nitrogens is 1. The second-order valence-electron chi connectivity index (χ2n) is 4.64. The van der Waals surface area contributed by atoms with Crippen LogP contribution in [0.15, 0.2) is 36.5 Å². The van der Waals surface area contributed by atoms with Gasteiger partial charge in [0.05, 0.1) is 13.2 Å². The Bertz CT molecular complexity index is 515. The second-order valence-corrected chi connectivity index (χ2v) is 4.64. The number of benzene rings is 1. The molecular weight excluding hydrogens is 238 g/mol. The van der Waals surface area contributed by atoms with Crippen LogP contribution in [0.2, 0.25) is 0 Å². The fraction of sp³-hybridized carbons (Fsp3) is 0.312. The van der Waals surface area contributed by atoms with Gasteiger partial charge in [-0.05, 0) is 42.7 Å². The molecular formula is C16H19NO2. The number of hydrogen-bond acceptors (Lipinski definition) is 3. The largest absolute Gasteiger partial charge is 0.493 e. The van der Waals surface area contributed by atoms with Crippen molar-refractivity contribution < 1.29 is 9.84 Å². The Balaban J connectivity index is 2.00. The van der Waals surface area contributed by atoms with Crippen LogP contribution < -0.4 is 4.74 Å². The Morgan fingerprint density at radius 2 is 1.89 bits per heavy atom. The average Bonchev–Trinajstić information content (AvgIpc) is 2.42. The number of ether oxygens (including phenoxy) is 1. The number of hydrogen-bond donors (Lipinski definition) is 1. The lowest BCUT2D eigenvalue weighted by molar-refractivity contribution is 0.280. The molecule has 2 aromatic rings. The van der Waals surface area contributed by atoms with Gasteiger partial charge >= 0.3 is 0 Å². The molecule has 1 heterocycles. The van der Waals surface area contributed by atoms with Crippen molar-refractivity contribution in [2.75, 3.05) is 6.61 Å². The van der Waals surface area contributed by atoms with Gasteiger partial charge in [-0.2, -0.15) is 0 Å². The van der Waals surface area contributed by atoms with Gasteiger partial charge in [-0.3, -0.25) is 4.98 Å². The standard InChI is InChI=1S/C16H19NO2/c1-12-9-14(11-18)10-13(2)16(12)19-8-6-15-5-3-4-7-17-15/h3-5,7,9-10,18H,6,8,11H2,1-2H3. The third-order valence-electron chi connectivity index (χ3n) is 3.03. The van der Waals surface area contributed by atoms with Crippen molar-refractivity contribution in [3.8, 4) is 5.75 Å². The maximum Gasteiger partial charge on any atom is 0.125 e. The summed E-state index contributed by atoms with van der Waals surface area (Å²) >= 11 is 0. The molecule has 0 bridgehead atoms. The predicted molar refractivity (Wildman–Crippen MR) is 75.3 cm³/mol. The summed E-state index contributed by atoms with van der Waals surface area (Å²) in [6.45, 7) is 4.68. The number of rotatable bonds is 5. The van der Waals surface area contributed by atoms with E-state index in [0.717, 1.165) is 34.6 Å². The molecule has 0 aliphatic rings. The summed E-state index contributed by atoms with van der Waals surface area (Å²) in [5, 5.41) is 9.15. The van der Waals surface area contributed by atoms with Gasteiger partial charge < -0.3 is 9.84 Å². The van der Waals surface area contributed by atoms with Gasteiger partial charge in [-0.25, -0.2) is 0 Å². The van der Waals surface area contributed by atoms with Crippen molar-refractivity contribution >= 4 is 0 Å². The molecule has 0 unspecified atom stereocenters. The lowest BCUT2D eigenvalue weighted by atomic mass is 10.1. The highest BCUT2D eigenvalue weighted by Gasteiger charge is 2.06. The summed E-state index contributed by atoms with van der Waals surface area (Å²) in [4.78, 5) is 4.27. The van der Waals surface area contributed by atoms with E-state index in [1.54, 1.807) is 6.20 Å². The van der Waals surface area contributed by atoms with E-state index in [-0.39, 0.29) is 6.61 Å². The molecule has 3 heteroatoms. The first-order valence-electron chi connectivity index (χ1n) is 6.44. The van der Waals surface area contributed by atoms with Crippen LogP contribution in [0.1, 0.15) is 22.4 Å². The molecule has 0 aliphatic heterocycles. The van der Waals surface area contributed by atoms with Gasteiger partial charge in [-0.1, -0.05) is 18.2 Å². The SMILES string of the molecule is Cc1cc(CO)cc(C)c1OCCc1ccccn1. The Labute approximate surface area is 113 Å². The van der Waals surface area contributed by atoms with E-state index in [4.69, 9.17) is 9.84 Å². The quantitative estimate of drug-likeness (QED) is 0.895. The van der Waals surface area contributed by atoms with Crippen LogP contribution in [-0.2, 0) is 13.0 Å². The first-order valence-corrected chi connectivity index (χ1v) is 6.44. The molecule has 0 radical (unpaired) electrons. The van der Waals surface area contributed by atoms with Crippen molar-refractivity contribution in [1.29, 1.82) is 0 Å². The van der Waals surface area contributed by atoms with Crippen LogP contribution in [0.3, 0.4) is 0 Å². The normalized spacial score (nSPS) is 10.5. The highest BCUT2D eigenvalue weighted by molar-refractivity contribution is 5.43.